The van der Waals surface area contributed by atoms with E-state index in [2.05, 4.69) is 11.8 Å². The third-order valence-electron chi connectivity index (χ3n) is 3.81. The maximum absolute atomic E-state index is 12.5. The molecule has 0 amide bonds. The SMILES string of the molecule is CCC1COC(C)CN1CC(=O)c1ccccc1OC. The summed E-state index contributed by atoms with van der Waals surface area (Å²) < 4.78 is 10.9. The minimum absolute atomic E-state index is 0.106. The molecule has 4 heteroatoms. The lowest BCUT2D eigenvalue weighted by Crippen LogP contribution is -2.50. The third-order valence-corrected chi connectivity index (χ3v) is 3.81. The first-order valence-electron chi connectivity index (χ1n) is 7.17. The van der Waals surface area contributed by atoms with Crippen molar-refractivity contribution < 1.29 is 14.3 Å². The zero-order valence-corrected chi connectivity index (χ0v) is 12.5. The van der Waals surface area contributed by atoms with Gasteiger partial charge in [-0.15, -0.1) is 0 Å². The number of carbonyl (C=O) groups excluding carboxylic acids is 1. The first-order chi connectivity index (χ1) is 9.65. The molecule has 0 spiro atoms. The molecule has 1 aromatic carbocycles. The predicted molar refractivity (Wildman–Crippen MR) is 78.4 cm³/mol. The molecular weight excluding hydrogens is 254 g/mol. The van der Waals surface area contributed by atoms with Gasteiger partial charge >= 0.3 is 0 Å². The summed E-state index contributed by atoms with van der Waals surface area (Å²) in [7, 11) is 1.60. The number of benzene rings is 1. The van der Waals surface area contributed by atoms with E-state index < -0.39 is 0 Å². The van der Waals surface area contributed by atoms with Gasteiger partial charge in [0, 0.05) is 12.6 Å². The van der Waals surface area contributed by atoms with Crippen molar-refractivity contribution in [2.45, 2.75) is 32.4 Å². The largest absolute Gasteiger partial charge is 0.496 e. The number of hydrogen-bond acceptors (Lipinski definition) is 4. The Labute approximate surface area is 120 Å². The van der Waals surface area contributed by atoms with E-state index in [1.807, 2.05) is 31.2 Å². The lowest BCUT2D eigenvalue weighted by atomic mass is 10.1. The fraction of sp³-hybridized carbons (Fsp3) is 0.562. The van der Waals surface area contributed by atoms with Gasteiger partial charge in [-0.3, -0.25) is 9.69 Å². The summed E-state index contributed by atoms with van der Waals surface area (Å²) in [6.07, 6.45) is 1.18. The molecule has 4 nitrogen and oxygen atoms in total. The summed E-state index contributed by atoms with van der Waals surface area (Å²) in [4.78, 5) is 14.7. The van der Waals surface area contributed by atoms with Gasteiger partial charge in [0.05, 0.1) is 31.9 Å². The molecule has 1 aromatic rings. The van der Waals surface area contributed by atoms with Crippen LogP contribution in [0, 0.1) is 0 Å². The summed E-state index contributed by atoms with van der Waals surface area (Å²) in [5.74, 6) is 0.752. The summed E-state index contributed by atoms with van der Waals surface area (Å²) in [5, 5.41) is 0. The lowest BCUT2D eigenvalue weighted by molar-refractivity contribution is -0.0523. The molecule has 0 aliphatic carbocycles. The van der Waals surface area contributed by atoms with E-state index in [0.717, 1.165) is 13.0 Å². The van der Waals surface area contributed by atoms with Gasteiger partial charge in [-0.05, 0) is 25.5 Å². The highest BCUT2D eigenvalue weighted by molar-refractivity contribution is 6.00. The van der Waals surface area contributed by atoms with Crippen molar-refractivity contribution in [2.24, 2.45) is 0 Å². The second-order valence-corrected chi connectivity index (χ2v) is 5.26. The molecule has 1 aliphatic heterocycles. The van der Waals surface area contributed by atoms with Crippen LogP contribution in [0.1, 0.15) is 30.6 Å². The Morgan fingerprint density at radius 2 is 2.20 bits per heavy atom. The Morgan fingerprint density at radius 1 is 1.45 bits per heavy atom. The minimum Gasteiger partial charge on any atom is -0.496 e. The molecule has 1 aliphatic rings. The molecule has 20 heavy (non-hydrogen) atoms. The average Bonchev–Trinajstić information content (AvgIpc) is 2.47. The molecule has 1 fully saturated rings. The molecule has 0 bridgehead atoms. The van der Waals surface area contributed by atoms with Gasteiger partial charge in [0.25, 0.3) is 0 Å². The molecule has 1 heterocycles. The maximum Gasteiger partial charge on any atom is 0.180 e. The summed E-state index contributed by atoms with van der Waals surface area (Å²) in [5.41, 5.74) is 0.656. The van der Waals surface area contributed by atoms with Crippen molar-refractivity contribution in [1.82, 2.24) is 4.90 Å². The van der Waals surface area contributed by atoms with Gasteiger partial charge in [0.15, 0.2) is 5.78 Å². The van der Waals surface area contributed by atoms with Crippen LogP contribution < -0.4 is 4.74 Å². The summed E-state index contributed by atoms with van der Waals surface area (Å²) in [6, 6.07) is 7.72. The van der Waals surface area contributed by atoms with Crippen LogP contribution in [-0.2, 0) is 4.74 Å². The van der Waals surface area contributed by atoms with Gasteiger partial charge in [-0.25, -0.2) is 0 Å². The number of hydrogen-bond donors (Lipinski definition) is 0. The molecular formula is C16H23NO3. The number of nitrogens with zero attached hydrogens (tertiary/aromatic N) is 1. The topological polar surface area (TPSA) is 38.8 Å². The molecule has 0 radical (unpaired) electrons. The van der Waals surface area contributed by atoms with E-state index in [0.29, 0.717) is 30.5 Å². The van der Waals surface area contributed by atoms with Crippen molar-refractivity contribution in [3.05, 3.63) is 29.8 Å². The van der Waals surface area contributed by atoms with Gasteiger partial charge in [-0.2, -0.15) is 0 Å². The summed E-state index contributed by atoms with van der Waals surface area (Å²) >= 11 is 0. The fourth-order valence-corrected chi connectivity index (χ4v) is 2.63. The Bertz CT molecular complexity index is 461. The van der Waals surface area contributed by atoms with E-state index in [9.17, 15) is 4.79 Å². The number of methoxy groups -OCH3 is 1. The molecule has 110 valence electrons. The standard InChI is InChI=1S/C16H23NO3/c1-4-13-11-20-12(2)9-17(13)10-15(18)14-7-5-6-8-16(14)19-3/h5-8,12-13H,4,9-11H2,1-3H3. The highest BCUT2D eigenvalue weighted by Gasteiger charge is 2.27. The lowest BCUT2D eigenvalue weighted by Gasteiger charge is -2.37. The van der Waals surface area contributed by atoms with Gasteiger partial charge in [0.2, 0.25) is 0 Å². The quantitative estimate of drug-likeness (QED) is 0.775. The number of morpholine rings is 1. The molecule has 2 atom stereocenters. The van der Waals surface area contributed by atoms with E-state index >= 15 is 0 Å². The molecule has 0 N–H and O–H groups in total. The Hall–Kier alpha value is -1.39. The second-order valence-electron chi connectivity index (χ2n) is 5.26. The molecule has 2 unspecified atom stereocenters. The van der Waals surface area contributed by atoms with Crippen LogP contribution in [0.5, 0.6) is 5.75 Å². The normalized spacial score (nSPS) is 23.6. The van der Waals surface area contributed by atoms with Crippen LogP contribution in [0.4, 0.5) is 0 Å². The number of Topliss-reactive ketones (excluding diaryl/α,β-unsaturated/α-hetero) is 1. The van der Waals surface area contributed by atoms with Crippen LogP contribution in [0.15, 0.2) is 24.3 Å². The van der Waals surface area contributed by atoms with Crippen molar-refractivity contribution in [3.8, 4) is 5.75 Å². The van der Waals surface area contributed by atoms with E-state index in [1.165, 1.54) is 0 Å². The summed E-state index contributed by atoms with van der Waals surface area (Å²) in [6.45, 7) is 6.11. The van der Waals surface area contributed by atoms with Crippen LogP contribution in [-0.4, -0.2) is 49.6 Å². The van der Waals surface area contributed by atoms with Crippen molar-refractivity contribution in [2.75, 3.05) is 26.8 Å². The highest BCUT2D eigenvalue weighted by Crippen LogP contribution is 2.20. The fourth-order valence-electron chi connectivity index (χ4n) is 2.63. The number of para-hydroxylation sites is 1. The molecule has 1 saturated heterocycles. The zero-order chi connectivity index (χ0) is 14.5. The number of carbonyl (C=O) groups is 1. The van der Waals surface area contributed by atoms with Crippen LogP contribution in [0.25, 0.3) is 0 Å². The Balaban J connectivity index is 2.09. The van der Waals surface area contributed by atoms with Crippen LogP contribution in [0.2, 0.25) is 0 Å². The highest BCUT2D eigenvalue weighted by atomic mass is 16.5. The minimum atomic E-state index is 0.106. The van der Waals surface area contributed by atoms with E-state index in [4.69, 9.17) is 9.47 Å². The van der Waals surface area contributed by atoms with Gasteiger partial charge in [-0.1, -0.05) is 19.1 Å². The van der Waals surface area contributed by atoms with E-state index in [-0.39, 0.29) is 11.9 Å². The molecule has 0 saturated carbocycles. The zero-order valence-electron chi connectivity index (χ0n) is 12.5. The third kappa shape index (κ3) is 3.38. The van der Waals surface area contributed by atoms with E-state index in [1.54, 1.807) is 7.11 Å². The van der Waals surface area contributed by atoms with Crippen LogP contribution in [0.3, 0.4) is 0 Å². The van der Waals surface area contributed by atoms with Gasteiger partial charge < -0.3 is 9.47 Å². The monoisotopic (exact) mass is 277 g/mol. The smallest absolute Gasteiger partial charge is 0.180 e. The van der Waals surface area contributed by atoms with Gasteiger partial charge in [0.1, 0.15) is 5.75 Å². The molecule has 0 aromatic heterocycles. The number of ether oxygens (including phenoxy) is 2. The number of rotatable bonds is 5. The van der Waals surface area contributed by atoms with Crippen molar-refractivity contribution in [3.63, 3.8) is 0 Å². The molecule has 2 rings (SSSR count). The Kier molecular flexibility index (Phi) is 5.15. The van der Waals surface area contributed by atoms with Crippen LogP contribution >= 0.6 is 0 Å². The second kappa shape index (κ2) is 6.86. The number of ketones is 1. The predicted octanol–water partition coefficient (Wildman–Crippen LogP) is 2.38. The Morgan fingerprint density at radius 3 is 2.90 bits per heavy atom. The van der Waals surface area contributed by atoms with Crippen molar-refractivity contribution in [1.29, 1.82) is 0 Å². The van der Waals surface area contributed by atoms with Crippen molar-refractivity contribution >= 4 is 5.78 Å². The first-order valence-corrected chi connectivity index (χ1v) is 7.17. The maximum atomic E-state index is 12.5. The first kappa shape index (κ1) is 15.0. The average molecular weight is 277 g/mol.